The molecule has 1 aliphatic rings. The van der Waals surface area contributed by atoms with Gasteiger partial charge in [0.15, 0.2) is 11.6 Å². The van der Waals surface area contributed by atoms with Gasteiger partial charge in [-0.25, -0.2) is 8.78 Å². The Morgan fingerprint density at radius 1 is 1.21 bits per heavy atom. The normalized spacial score (nSPS) is 25.6. The SMILES string of the molecule is Fc1ccc(OC2CC(Cl)C2)cc1F. The van der Waals surface area contributed by atoms with E-state index in [-0.39, 0.29) is 11.5 Å². The molecule has 14 heavy (non-hydrogen) atoms. The Morgan fingerprint density at radius 3 is 2.50 bits per heavy atom. The molecule has 1 aromatic carbocycles. The standard InChI is InChI=1S/C10H9ClF2O/c11-6-3-8(4-6)14-7-1-2-9(12)10(13)5-7/h1-2,5-6,8H,3-4H2. The molecule has 0 radical (unpaired) electrons. The van der Waals surface area contributed by atoms with Crippen molar-refractivity contribution in [2.75, 3.05) is 0 Å². The summed E-state index contributed by atoms with van der Waals surface area (Å²) < 4.78 is 30.7. The van der Waals surface area contributed by atoms with E-state index in [0.29, 0.717) is 5.75 Å². The van der Waals surface area contributed by atoms with Crippen molar-refractivity contribution in [2.45, 2.75) is 24.3 Å². The van der Waals surface area contributed by atoms with Gasteiger partial charge in [-0.2, -0.15) is 0 Å². The second-order valence-corrected chi connectivity index (χ2v) is 4.00. The lowest BCUT2D eigenvalue weighted by Gasteiger charge is -2.31. The van der Waals surface area contributed by atoms with Crippen LogP contribution in [-0.2, 0) is 0 Å². The highest BCUT2D eigenvalue weighted by molar-refractivity contribution is 6.21. The maximum atomic E-state index is 12.7. The van der Waals surface area contributed by atoms with Crippen molar-refractivity contribution < 1.29 is 13.5 Å². The Balaban J connectivity index is 2.00. The fraction of sp³-hybridized carbons (Fsp3) is 0.400. The largest absolute Gasteiger partial charge is 0.490 e. The van der Waals surface area contributed by atoms with E-state index in [2.05, 4.69) is 0 Å². The molecule has 0 bridgehead atoms. The van der Waals surface area contributed by atoms with E-state index in [1.807, 2.05) is 0 Å². The first-order chi connectivity index (χ1) is 6.65. The molecule has 0 spiro atoms. The van der Waals surface area contributed by atoms with Crippen LogP contribution in [0, 0.1) is 11.6 Å². The molecule has 0 amide bonds. The van der Waals surface area contributed by atoms with Gasteiger partial charge in [-0.15, -0.1) is 11.6 Å². The quantitative estimate of drug-likeness (QED) is 0.693. The van der Waals surface area contributed by atoms with Crippen LogP contribution in [0.5, 0.6) is 5.75 Å². The van der Waals surface area contributed by atoms with Crippen LogP contribution in [0.1, 0.15) is 12.8 Å². The third kappa shape index (κ3) is 1.98. The van der Waals surface area contributed by atoms with Crippen molar-refractivity contribution in [1.29, 1.82) is 0 Å². The molecule has 76 valence electrons. The van der Waals surface area contributed by atoms with Crippen molar-refractivity contribution in [3.05, 3.63) is 29.8 Å². The van der Waals surface area contributed by atoms with Crippen LogP contribution in [0.2, 0.25) is 0 Å². The summed E-state index contributed by atoms with van der Waals surface area (Å²) in [5.41, 5.74) is 0. The van der Waals surface area contributed by atoms with Crippen LogP contribution in [0.15, 0.2) is 18.2 Å². The fourth-order valence-corrected chi connectivity index (χ4v) is 1.74. The Labute approximate surface area is 85.6 Å². The van der Waals surface area contributed by atoms with Gasteiger partial charge >= 0.3 is 0 Å². The highest BCUT2D eigenvalue weighted by Gasteiger charge is 2.29. The zero-order valence-corrected chi connectivity index (χ0v) is 8.10. The third-order valence-corrected chi connectivity index (χ3v) is 2.59. The molecule has 1 aromatic rings. The van der Waals surface area contributed by atoms with Gasteiger partial charge in [0.2, 0.25) is 0 Å². The molecule has 4 heteroatoms. The van der Waals surface area contributed by atoms with E-state index in [0.717, 1.165) is 25.0 Å². The lowest BCUT2D eigenvalue weighted by atomic mass is 9.95. The number of hydrogen-bond donors (Lipinski definition) is 0. The minimum Gasteiger partial charge on any atom is -0.490 e. The van der Waals surface area contributed by atoms with Crippen molar-refractivity contribution in [2.24, 2.45) is 0 Å². The van der Waals surface area contributed by atoms with Crippen molar-refractivity contribution in [1.82, 2.24) is 0 Å². The van der Waals surface area contributed by atoms with Crippen LogP contribution in [0.25, 0.3) is 0 Å². The van der Waals surface area contributed by atoms with Crippen LogP contribution in [0.3, 0.4) is 0 Å². The molecule has 1 saturated carbocycles. The predicted octanol–water partition coefficient (Wildman–Crippen LogP) is 3.11. The molecule has 0 aromatic heterocycles. The molecular formula is C10H9ClF2O. The molecule has 0 unspecified atom stereocenters. The monoisotopic (exact) mass is 218 g/mol. The summed E-state index contributed by atoms with van der Waals surface area (Å²) in [5.74, 6) is -1.39. The molecular weight excluding hydrogens is 210 g/mol. The van der Waals surface area contributed by atoms with Crippen molar-refractivity contribution in [3.8, 4) is 5.75 Å². The second kappa shape index (κ2) is 3.73. The van der Waals surface area contributed by atoms with Gasteiger partial charge in [0.05, 0.1) is 0 Å². The summed E-state index contributed by atoms with van der Waals surface area (Å²) in [6.45, 7) is 0. The summed E-state index contributed by atoms with van der Waals surface area (Å²) in [7, 11) is 0. The average molecular weight is 219 g/mol. The summed E-state index contributed by atoms with van der Waals surface area (Å²) in [4.78, 5) is 0. The van der Waals surface area contributed by atoms with E-state index >= 15 is 0 Å². The highest BCUT2D eigenvalue weighted by Crippen LogP contribution is 2.30. The highest BCUT2D eigenvalue weighted by atomic mass is 35.5. The summed E-state index contributed by atoms with van der Waals surface area (Å²) in [6, 6.07) is 3.53. The van der Waals surface area contributed by atoms with Crippen molar-refractivity contribution in [3.63, 3.8) is 0 Å². The Morgan fingerprint density at radius 2 is 1.93 bits per heavy atom. The van der Waals surface area contributed by atoms with Crippen LogP contribution < -0.4 is 4.74 Å². The van der Waals surface area contributed by atoms with Gasteiger partial charge in [0.25, 0.3) is 0 Å². The Kier molecular flexibility index (Phi) is 2.59. The molecule has 0 N–H and O–H groups in total. The first-order valence-corrected chi connectivity index (χ1v) is 4.84. The Hall–Kier alpha value is -0.830. The van der Waals surface area contributed by atoms with E-state index in [4.69, 9.17) is 16.3 Å². The average Bonchev–Trinajstić information content (AvgIpc) is 2.09. The van der Waals surface area contributed by atoms with E-state index in [9.17, 15) is 8.78 Å². The van der Waals surface area contributed by atoms with Crippen LogP contribution in [-0.4, -0.2) is 11.5 Å². The number of rotatable bonds is 2. The molecule has 0 heterocycles. The fourth-order valence-electron chi connectivity index (χ4n) is 1.34. The second-order valence-electron chi connectivity index (χ2n) is 3.38. The topological polar surface area (TPSA) is 9.23 Å². The first kappa shape index (κ1) is 9.71. The molecule has 0 saturated heterocycles. The van der Waals surface area contributed by atoms with Gasteiger partial charge in [0.1, 0.15) is 11.9 Å². The number of hydrogen-bond acceptors (Lipinski definition) is 1. The minimum atomic E-state index is -0.885. The smallest absolute Gasteiger partial charge is 0.162 e. The zero-order chi connectivity index (χ0) is 10.1. The first-order valence-electron chi connectivity index (χ1n) is 4.41. The minimum absolute atomic E-state index is 0.0439. The van der Waals surface area contributed by atoms with Gasteiger partial charge in [-0.05, 0) is 12.1 Å². The third-order valence-electron chi connectivity index (χ3n) is 2.23. The van der Waals surface area contributed by atoms with Gasteiger partial charge < -0.3 is 4.74 Å². The predicted molar refractivity (Wildman–Crippen MR) is 49.6 cm³/mol. The molecule has 2 rings (SSSR count). The molecule has 0 atom stereocenters. The number of halogens is 3. The van der Waals surface area contributed by atoms with Gasteiger partial charge in [-0.1, -0.05) is 0 Å². The van der Waals surface area contributed by atoms with E-state index in [1.54, 1.807) is 0 Å². The maximum absolute atomic E-state index is 12.7. The van der Waals surface area contributed by atoms with Crippen LogP contribution >= 0.6 is 11.6 Å². The van der Waals surface area contributed by atoms with Crippen molar-refractivity contribution >= 4 is 11.6 Å². The Bertz CT molecular complexity index is 337. The maximum Gasteiger partial charge on any atom is 0.162 e. The lowest BCUT2D eigenvalue weighted by molar-refractivity contribution is 0.123. The van der Waals surface area contributed by atoms with E-state index in [1.165, 1.54) is 6.07 Å². The molecule has 0 aliphatic heterocycles. The molecule has 1 aliphatic carbocycles. The number of ether oxygens (including phenoxy) is 1. The molecule has 1 nitrogen and oxygen atoms in total. The van der Waals surface area contributed by atoms with E-state index < -0.39 is 11.6 Å². The number of benzene rings is 1. The van der Waals surface area contributed by atoms with Crippen LogP contribution in [0.4, 0.5) is 8.78 Å². The summed E-state index contributed by atoms with van der Waals surface area (Å²) >= 11 is 5.75. The zero-order valence-electron chi connectivity index (χ0n) is 7.34. The van der Waals surface area contributed by atoms with Gasteiger partial charge in [0, 0.05) is 24.3 Å². The molecule has 1 fully saturated rings. The summed E-state index contributed by atoms with van der Waals surface area (Å²) in [6.07, 6.45) is 1.57. The lowest BCUT2D eigenvalue weighted by Crippen LogP contribution is -2.34. The number of alkyl halides is 1. The van der Waals surface area contributed by atoms with Gasteiger partial charge in [-0.3, -0.25) is 0 Å². The summed E-state index contributed by atoms with van der Waals surface area (Å²) in [5, 5.41) is 0.158.